The van der Waals surface area contributed by atoms with Crippen LogP contribution in [0.4, 0.5) is 0 Å². The topological polar surface area (TPSA) is 145 Å². The van der Waals surface area contributed by atoms with Crippen molar-refractivity contribution >= 4 is 21.5 Å². The molecule has 0 bridgehead atoms. The number of morpholine rings is 1. The van der Waals surface area contributed by atoms with E-state index in [2.05, 4.69) is 20.5 Å². The molecule has 1 aromatic carbocycles. The molecule has 1 N–H and O–H groups in total. The Balaban J connectivity index is 1.44. The van der Waals surface area contributed by atoms with Crippen LogP contribution >= 0.6 is 0 Å². The van der Waals surface area contributed by atoms with Crippen LogP contribution in [0.5, 0.6) is 0 Å². The highest BCUT2D eigenvalue weighted by Gasteiger charge is 2.29. The van der Waals surface area contributed by atoms with Gasteiger partial charge in [-0.3, -0.25) is 14.6 Å². The second kappa shape index (κ2) is 13.5. The molecule has 0 saturated carbocycles. The highest BCUT2D eigenvalue weighted by atomic mass is 32.2. The molecule has 1 fully saturated rings. The quantitative estimate of drug-likeness (QED) is 0.312. The number of hydrogen-bond acceptors (Lipinski definition) is 10. The molecule has 2 unspecified atom stereocenters. The highest BCUT2D eigenvalue weighted by Crippen LogP contribution is 2.18. The van der Waals surface area contributed by atoms with Crippen molar-refractivity contribution in [1.29, 1.82) is 0 Å². The molecule has 11 nitrogen and oxygen atoms in total. The second-order valence-corrected chi connectivity index (χ2v) is 11.6. The van der Waals surface area contributed by atoms with Crippen LogP contribution in [0, 0.1) is 5.92 Å². The minimum Gasteiger partial charge on any atom is -0.413 e. The first kappa shape index (κ1) is 28.5. The van der Waals surface area contributed by atoms with Gasteiger partial charge in [0.1, 0.15) is 0 Å². The van der Waals surface area contributed by atoms with Crippen LogP contribution < -0.4 is 5.32 Å². The van der Waals surface area contributed by atoms with Gasteiger partial charge in [-0.05, 0) is 30.0 Å². The predicted molar refractivity (Wildman–Crippen MR) is 143 cm³/mol. The fraction of sp³-hybridized carbons (Fsp3) is 0.444. The zero-order valence-corrected chi connectivity index (χ0v) is 22.7. The zero-order chi connectivity index (χ0) is 27.7. The van der Waals surface area contributed by atoms with Gasteiger partial charge in [-0.1, -0.05) is 37.3 Å². The van der Waals surface area contributed by atoms with E-state index in [-0.39, 0.29) is 42.2 Å². The molecule has 12 heteroatoms. The molecule has 1 aliphatic heterocycles. The first-order valence-electron chi connectivity index (χ1n) is 13.0. The number of ketones is 1. The first-order chi connectivity index (χ1) is 18.8. The van der Waals surface area contributed by atoms with Gasteiger partial charge >= 0.3 is 0 Å². The molecule has 0 radical (unpaired) electrons. The smallest absolute Gasteiger partial charge is 0.285 e. The minimum absolute atomic E-state index is 0.0390. The van der Waals surface area contributed by atoms with Gasteiger partial charge in [0.15, 0.2) is 9.84 Å². The van der Waals surface area contributed by atoms with Crippen LogP contribution in [0.1, 0.15) is 36.0 Å². The van der Waals surface area contributed by atoms with Gasteiger partial charge in [0, 0.05) is 38.4 Å². The lowest BCUT2D eigenvalue weighted by Crippen LogP contribution is -2.44. The summed E-state index contributed by atoms with van der Waals surface area (Å²) < 4.78 is 37.1. The van der Waals surface area contributed by atoms with E-state index < -0.39 is 27.6 Å². The summed E-state index contributed by atoms with van der Waals surface area (Å²) in [5, 5.41) is 11.0. The number of amides is 1. The Morgan fingerprint density at radius 1 is 1.08 bits per heavy atom. The molecule has 3 heterocycles. The maximum atomic E-state index is 13.1. The number of hydrogen-bond donors (Lipinski definition) is 1. The average molecular weight is 556 g/mol. The van der Waals surface area contributed by atoms with Gasteiger partial charge in [0.2, 0.25) is 17.6 Å². The monoisotopic (exact) mass is 555 g/mol. The van der Waals surface area contributed by atoms with Gasteiger partial charge < -0.3 is 19.4 Å². The summed E-state index contributed by atoms with van der Waals surface area (Å²) in [5.74, 6) is -1.34. The number of ether oxygens (including phenoxy) is 1. The maximum Gasteiger partial charge on any atom is 0.285 e. The molecular formula is C27H33N5O6S. The largest absolute Gasteiger partial charge is 0.413 e. The average Bonchev–Trinajstić information content (AvgIpc) is 3.45. The summed E-state index contributed by atoms with van der Waals surface area (Å²) in [6, 6.07) is 11.7. The van der Waals surface area contributed by atoms with Crippen molar-refractivity contribution < 1.29 is 27.2 Å². The van der Waals surface area contributed by atoms with Crippen LogP contribution in [-0.4, -0.2) is 84.8 Å². The number of carbonyl (C=O) groups is 2. The standard InChI is InChI=1S/C27H33N5O6S/c1-2-23(25(34)27-31-30-26(38-27)22-9-6-10-28-17-22)29-16-21(15-24(33)32-11-13-37-14-12-32)19-39(35,36)18-20-7-4-3-5-8-20/h3-10,17,21,23,29H,2,11-16,18-19H2,1H3. The van der Waals surface area contributed by atoms with Crippen molar-refractivity contribution in [2.45, 2.75) is 31.6 Å². The van der Waals surface area contributed by atoms with Gasteiger partial charge in [-0.2, -0.15) is 0 Å². The number of carbonyl (C=O) groups excluding carboxylic acids is 2. The first-order valence-corrected chi connectivity index (χ1v) is 14.8. The number of benzene rings is 1. The van der Waals surface area contributed by atoms with Gasteiger partial charge in [-0.25, -0.2) is 8.42 Å². The number of pyridine rings is 1. The number of sulfone groups is 1. The Bertz CT molecular complexity index is 1330. The predicted octanol–water partition coefficient (Wildman–Crippen LogP) is 2.16. The normalized spacial score (nSPS) is 15.6. The Kier molecular flexibility index (Phi) is 9.90. The third-order valence-corrected chi connectivity index (χ3v) is 8.22. The molecule has 2 atom stereocenters. The molecule has 39 heavy (non-hydrogen) atoms. The van der Waals surface area contributed by atoms with E-state index in [1.165, 1.54) is 0 Å². The number of Topliss-reactive ketones (excluding diaryl/α,β-unsaturated/α-hetero) is 1. The summed E-state index contributed by atoms with van der Waals surface area (Å²) in [6.45, 7) is 3.84. The van der Waals surface area contributed by atoms with Gasteiger partial charge in [0.25, 0.3) is 5.89 Å². The molecule has 0 spiro atoms. The van der Waals surface area contributed by atoms with E-state index in [0.717, 1.165) is 0 Å². The van der Waals surface area contributed by atoms with Crippen molar-refractivity contribution in [2.24, 2.45) is 5.92 Å². The number of nitrogens with one attached hydrogen (secondary N) is 1. The highest BCUT2D eigenvalue weighted by molar-refractivity contribution is 7.90. The number of rotatable bonds is 13. The fourth-order valence-corrected chi connectivity index (χ4v) is 6.21. The molecule has 1 aliphatic rings. The van der Waals surface area contributed by atoms with E-state index in [1.54, 1.807) is 53.7 Å². The molecule has 208 valence electrons. The van der Waals surface area contributed by atoms with Crippen LogP contribution in [0.2, 0.25) is 0 Å². The van der Waals surface area contributed by atoms with E-state index >= 15 is 0 Å². The van der Waals surface area contributed by atoms with Crippen molar-refractivity contribution in [1.82, 2.24) is 25.4 Å². The summed E-state index contributed by atoms with van der Waals surface area (Å²) in [4.78, 5) is 31.9. The Morgan fingerprint density at radius 3 is 2.54 bits per heavy atom. The third kappa shape index (κ3) is 8.25. The Morgan fingerprint density at radius 2 is 1.85 bits per heavy atom. The molecule has 2 aromatic heterocycles. The van der Waals surface area contributed by atoms with Crippen LogP contribution in [0.25, 0.3) is 11.5 Å². The third-order valence-electron chi connectivity index (χ3n) is 6.47. The molecule has 0 aliphatic carbocycles. The number of aromatic nitrogens is 3. The number of nitrogens with zero attached hydrogens (tertiary/aromatic N) is 4. The Labute approximate surface area is 227 Å². The van der Waals surface area contributed by atoms with Crippen LogP contribution in [0.15, 0.2) is 59.3 Å². The summed E-state index contributed by atoms with van der Waals surface area (Å²) in [6.07, 6.45) is 3.62. The van der Waals surface area contributed by atoms with Crippen LogP contribution in [-0.2, 0) is 25.1 Å². The van der Waals surface area contributed by atoms with E-state index in [0.29, 0.717) is 43.9 Å². The summed E-state index contributed by atoms with van der Waals surface area (Å²) >= 11 is 0. The lowest BCUT2D eigenvalue weighted by atomic mass is 10.0. The lowest BCUT2D eigenvalue weighted by Gasteiger charge is -2.29. The molecule has 3 aromatic rings. The van der Waals surface area contributed by atoms with Crippen molar-refractivity contribution in [3.8, 4) is 11.5 Å². The lowest BCUT2D eigenvalue weighted by molar-refractivity contribution is -0.136. The van der Waals surface area contributed by atoms with Crippen LogP contribution in [0.3, 0.4) is 0 Å². The van der Waals surface area contributed by atoms with E-state index in [1.807, 2.05) is 13.0 Å². The van der Waals surface area contributed by atoms with E-state index in [4.69, 9.17) is 9.15 Å². The summed E-state index contributed by atoms with van der Waals surface area (Å²) in [7, 11) is -3.53. The van der Waals surface area contributed by atoms with Gasteiger partial charge in [-0.15, -0.1) is 10.2 Å². The Hall–Kier alpha value is -3.48. The minimum atomic E-state index is -3.53. The van der Waals surface area contributed by atoms with Gasteiger partial charge in [0.05, 0.1) is 36.3 Å². The molecule has 1 saturated heterocycles. The fourth-order valence-electron chi connectivity index (χ4n) is 4.43. The van der Waals surface area contributed by atoms with E-state index in [9.17, 15) is 18.0 Å². The molecule has 1 amide bonds. The van der Waals surface area contributed by atoms with Crippen molar-refractivity contribution in [3.05, 3.63) is 66.3 Å². The molecule has 4 rings (SSSR count). The molecular weight excluding hydrogens is 522 g/mol. The maximum absolute atomic E-state index is 13.1. The van der Waals surface area contributed by atoms with Crippen molar-refractivity contribution in [2.75, 3.05) is 38.6 Å². The van der Waals surface area contributed by atoms with Crippen molar-refractivity contribution in [3.63, 3.8) is 0 Å². The second-order valence-electron chi connectivity index (χ2n) is 9.49. The SMILES string of the molecule is CCC(NCC(CC(=O)N1CCOCC1)CS(=O)(=O)Cc1ccccc1)C(=O)c1nnc(-c2cccnc2)o1. The zero-order valence-electron chi connectivity index (χ0n) is 21.9. The summed E-state index contributed by atoms with van der Waals surface area (Å²) in [5.41, 5.74) is 1.28.